The van der Waals surface area contributed by atoms with Crippen LogP contribution in [0.4, 0.5) is 11.4 Å². The number of anilines is 2. The monoisotopic (exact) mass is 343 g/mol. The maximum absolute atomic E-state index is 12.5. The van der Waals surface area contributed by atoms with Gasteiger partial charge in [-0.25, -0.2) is 4.98 Å². The molecule has 0 saturated heterocycles. The minimum absolute atomic E-state index is 0.254. The summed E-state index contributed by atoms with van der Waals surface area (Å²) in [5.74, 6) is 0.0490. The molecule has 0 saturated carbocycles. The maximum Gasteiger partial charge on any atom is 0.261 e. The van der Waals surface area contributed by atoms with E-state index in [1.807, 2.05) is 24.3 Å². The van der Waals surface area contributed by atoms with Crippen LogP contribution in [0.15, 0.2) is 42.6 Å². The molecular formula is C19H25N3O3. The summed E-state index contributed by atoms with van der Waals surface area (Å²) in [5.41, 5.74) is 2.26. The van der Waals surface area contributed by atoms with E-state index in [1.165, 1.54) is 0 Å². The Labute approximate surface area is 148 Å². The third-order valence-electron chi connectivity index (χ3n) is 3.80. The number of carbonyl (C=O) groups is 1. The van der Waals surface area contributed by atoms with Crippen molar-refractivity contribution in [3.8, 4) is 5.88 Å². The zero-order valence-electron chi connectivity index (χ0n) is 15.0. The standard InChI is InChI=1S/C19H25N3O3/c1-4-22(5-2)16-10-8-15(9-11-16)21-18(23)17-7-6-12-20-19(17)25-14-13-24-3/h6-12H,4-5,13-14H2,1-3H3,(H,21,23). The number of nitrogens with one attached hydrogen (secondary N) is 1. The number of ether oxygens (including phenoxy) is 2. The molecule has 25 heavy (non-hydrogen) atoms. The van der Waals surface area contributed by atoms with Gasteiger partial charge in [0.25, 0.3) is 5.91 Å². The quantitative estimate of drug-likeness (QED) is 0.708. The number of methoxy groups -OCH3 is 1. The zero-order chi connectivity index (χ0) is 18.1. The molecule has 0 fully saturated rings. The molecule has 6 heteroatoms. The van der Waals surface area contributed by atoms with Crippen molar-refractivity contribution in [2.45, 2.75) is 13.8 Å². The Morgan fingerprint density at radius 1 is 1.12 bits per heavy atom. The molecule has 0 aliphatic carbocycles. The van der Waals surface area contributed by atoms with Crippen LogP contribution in [-0.4, -0.2) is 44.3 Å². The van der Waals surface area contributed by atoms with Crippen LogP contribution in [0.25, 0.3) is 0 Å². The van der Waals surface area contributed by atoms with Crippen molar-refractivity contribution in [2.24, 2.45) is 0 Å². The number of benzene rings is 1. The number of hydrogen-bond acceptors (Lipinski definition) is 5. The summed E-state index contributed by atoms with van der Waals surface area (Å²) in [6.45, 7) is 6.90. The summed E-state index contributed by atoms with van der Waals surface area (Å²) in [6, 6.07) is 11.2. The fraction of sp³-hybridized carbons (Fsp3) is 0.368. The van der Waals surface area contributed by atoms with Gasteiger partial charge in [-0.15, -0.1) is 0 Å². The normalized spacial score (nSPS) is 10.4. The molecule has 134 valence electrons. The third-order valence-corrected chi connectivity index (χ3v) is 3.80. The van der Waals surface area contributed by atoms with Crippen LogP contribution >= 0.6 is 0 Å². The lowest BCUT2D eigenvalue weighted by Gasteiger charge is -2.21. The number of pyridine rings is 1. The van der Waals surface area contributed by atoms with Crippen LogP contribution in [0.2, 0.25) is 0 Å². The van der Waals surface area contributed by atoms with E-state index in [1.54, 1.807) is 25.4 Å². The number of amides is 1. The summed E-state index contributed by atoms with van der Waals surface area (Å²) in [6.07, 6.45) is 1.60. The van der Waals surface area contributed by atoms with Gasteiger partial charge in [0.15, 0.2) is 0 Å². The molecule has 1 aromatic carbocycles. The summed E-state index contributed by atoms with van der Waals surface area (Å²) in [5, 5.41) is 2.88. The number of aromatic nitrogens is 1. The van der Waals surface area contributed by atoms with Crippen molar-refractivity contribution in [3.05, 3.63) is 48.2 Å². The average Bonchev–Trinajstić information content (AvgIpc) is 2.64. The van der Waals surface area contributed by atoms with Gasteiger partial charge in [-0.05, 0) is 50.2 Å². The molecule has 0 aliphatic rings. The molecule has 2 rings (SSSR count). The van der Waals surface area contributed by atoms with Gasteiger partial charge in [0.1, 0.15) is 12.2 Å². The average molecular weight is 343 g/mol. The fourth-order valence-electron chi connectivity index (χ4n) is 2.44. The predicted octanol–water partition coefficient (Wildman–Crippen LogP) is 3.21. The van der Waals surface area contributed by atoms with E-state index in [0.717, 1.165) is 24.5 Å². The van der Waals surface area contributed by atoms with Gasteiger partial charge in [-0.1, -0.05) is 0 Å². The molecule has 2 aromatic rings. The molecule has 1 N–H and O–H groups in total. The first-order chi connectivity index (χ1) is 12.2. The molecule has 0 unspecified atom stereocenters. The Hall–Kier alpha value is -2.60. The Kier molecular flexibility index (Phi) is 7.22. The summed E-state index contributed by atoms with van der Waals surface area (Å²) >= 11 is 0. The molecule has 1 amide bonds. The molecule has 1 heterocycles. The molecule has 6 nitrogen and oxygen atoms in total. The topological polar surface area (TPSA) is 63.7 Å². The largest absolute Gasteiger partial charge is 0.475 e. The molecule has 0 radical (unpaired) electrons. The number of nitrogens with zero attached hydrogens (tertiary/aromatic N) is 2. The van der Waals surface area contributed by atoms with Crippen LogP contribution in [0.3, 0.4) is 0 Å². The Morgan fingerprint density at radius 2 is 1.84 bits per heavy atom. The van der Waals surface area contributed by atoms with E-state index in [9.17, 15) is 4.79 Å². The van der Waals surface area contributed by atoms with Crippen LogP contribution in [0.1, 0.15) is 24.2 Å². The van der Waals surface area contributed by atoms with Crippen LogP contribution in [0.5, 0.6) is 5.88 Å². The van der Waals surface area contributed by atoms with Crippen molar-refractivity contribution in [3.63, 3.8) is 0 Å². The van der Waals surface area contributed by atoms with Crippen LogP contribution in [0, 0.1) is 0 Å². The van der Waals surface area contributed by atoms with Gasteiger partial charge in [0.05, 0.1) is 6.61 Å². The summed E-state index contributed by atoms with van der Waals surface area (Å²) < 4.78 is 10.5. The second-order valence-electron chi connectivity index (χ2n) is 5.37. The van der Waals surface area contributed by atoms with Crippen LogP contribution in [-0.2, 0) is 4.74 Å². The first-order valence-corrected chi connectivity index (χ1v) is 8.42. The number of carbonyl (C=O) groups excluding carboxylic acids is 1. The van der Waals surface area contributed by atoms with E-state index >= 15 is 0 Å². The third kappa shape index (κ3) is 5.19. The minimum Gasteiger partial charge on any atom is -0.475 e. The Bertz CT molecular complexity index is 670. The second kappa shape index (κ2) is 9.64. The smallest absolute Gasteiger partial charge is 0.261 e. The van der Waals surface area contributed by atoms with Crippen molar-refractivity contribution < 1.29 is 14.3 Å². The molecule has 1 aromatic heterocycles. The highest BCUT2D eigenvalue weighted by atomic mass is 16.5. The van der Waals surface area contributed by atoms with Gasteiger partial charge in [0, 0.05) is 37.8 Å². The van der Waals surface area contributed by atoms with Crippen molar-refractivity contribution in [1.82, 2.24) is 4.98 Å². The first-order valence-electron chi connectivity index (χ1n) is 8.42. The summed E-state index contributed by atoms with van der Waals surface area (Å²) in [4.78, 5) is 18.9. The molecular weight excluding hydrogens is 318 g/mol. The van der Waals surface area contributed by atoms with E-state index in [0.29, 0.717) is 24.7 Å². The van der Waals surface area contributed by atoms with Crippen molar-refractivity contribution >= 4 is 17.3 Å². The Morgan fingerprint density at radius 3 is 2.48 bits per heavy atom. The lowest BCUT2D eigenvalue weighted by atomic mass is 10.2. The van der Waals surface area contributed by atoms with E-state index in [4.69, 9.17) is 9.47 Å². The van der Waals surface area contributed by atoms with Gasteiger partial charge in [-0.3, -0.25) is 4.79 Å². The minimum atomic E-state index is -0.254. The predicted molar refractivity (Wildman–Crippen MR) is 99.6 cm³/mol. The highest BCUT2D eigenvalue weighted by Crippen LogP contribution is 2.20. The number of hydrogen-bond donors (Lipinski definition) is 1. The lowest BCUT2D eigenvalue weighted by molar-refractivity contribution is 0.101. The van der Waals surface area contributed by atoms with Crippen molar-refractivity contribution in [2.75, 3.05) is 43.6 Å². The van der Waals surface area contributed by atoms with Crippen LogP contribution < -0.4 is 15.0 Å². The molecule has 0 aliphatic heterocycles. The van der Waals surface area contributed by atoms with E-state index < -0.39 is 0 Å². The van der Waals surface area contributed by atoms with Gasteiger partial charge < -0.3 is 19.7 Å². The Balaban J connectivity index is 2.07. The highest BCUT2D eigenvalue weighted by Gasteiger charge is 2.14. The maximum atomic E-state index is 12.5. The van der Waals surface area contributed by atoms with Gasteiger partial charge >= 0.3 is 0 Å². The van der Waals surface area contributed by atoms with Gasteiger partial charge in [-0.2, -0.15) is 0 Å². The molecule has 0 spiro atoms. The lowest BCUT2D eigenvalue weighted by Crippen LogP contribution is -2.21. The van der Waals surface area contributed by atoms with Gasteiger partial charge in [0.2, 0.25) is 5.88 Å². The molecule has 0 bridgehead atoms. The summed E-state index contributed by atoms with van der Waals surface area (Å²) in [7, 11) is 1.59. The first kappa shape index (κ1) is 18.7. The fourth-order valence-corrected chi connectivity index (χ4v) is 2.44. The SMILES string of the molecule is CCN(CC)c1ccc(NC(=O)c2cccnc2OCCOC)cc1. The zero-order valence-corrected chi connectivity index (χ0v) is 15.0. The number of rotatable bonds is 9. The second-order valence-corrected chi connectivity index (χ2v) is 5.37. The van der Waals surface area contributed by atoms with Crippen molar-refractivity contribution in [1.29, 1.82) is 0 Å². The highest BCUT2D eigenvalue weighted by molar-refractivity contribution is 6.05. The van der Waals surface area contributed by atoms with E-state index in [-0.39, 0.29) is 5.91 Å². The molecule has 0 atom stereocenters. The van der Waals surface area contributed by atoms with E-state index in [2.05, 4.69) is 29.0 Å².